The summed E-state index contributed by atoms with van der Waals surface area (Å²) in [7, 11) is 2.04. The van der Waals surface area contributed by atoms with Crippen molar-refractivity contribution in [1.82, 2.24) is 20.4 Å². The van der Waals surface area contributed by atoms with E-state index < -0.39 is 0 Å². The van der Waals surface area contributed by atoms with E-state index in [1.54, 1.807) is 0 Å². The first-order valence-corrected chi connectivity index (χ1v) is 9.55. The quantitative estimate of drug-likeness (QED) is 0.765. The number of benzene rings is 1. The minimum absolute atomic E-state index is 0.0404. The molecule has 27 heavy (non-hydrogen) atoms. The average molecular weight is 372 g/mol. The third-order valence-electron chi connectivity index (χ3n) is 4.82. The lowest BCUT2D eigenvalue weighted by atomic mass is 10.1. The zero-order chi connectivity index (χ0) is 19.2. The van der Waals surface area contributed by atoms with Gasteiger partial charge in [0.2, 0.25) is 17.6 Å². The molecule has 1 N–H and O–H groups in total. The summed E-state index contributed by atoms with van der Waals surface area (Å²) in [5.74, 6) is 1.20. The lowest BCUT2D eigenvalue weighted by Gasteiger charge is -2.19. The van der Waals surface area contributed by atoms with Gasteiger partial charge in [-0.3, -0.25) is 4.79 Å². The Morgan fingerprint density at radius 1 is 1.37 bits per heavy atom. The number of likely N-dealkylation sites (tertiary alicyclic amines) is 1. The van der Waals surface area contributed by atoms with Crippen LogP contribution in [0.2, 0.25) is 0 Å². The van der Waals surface area contributed by atoms with Crippen LogP contribution in [-0.2, 0) is 16.0 Å². The highest BCUT2D eigenvalue weighted by molar-refractivity contribution is 5.76. The van der Waals surface area contributed by atoms with Crippen LogP contribution in [-0.4, -0.2) is 59.8 Å². The van der Waals surface area contributed by atoms with Gasteiger partial charge >= 0.3 is 0 Å². The number of ether oxygens (including phenoxy) is 1. The molecule has 1 saturated heterocycles. The third kappa shape index (κ3) is 5.14. The van der Waals surface area contributed by atoms with Gasteiger partial charge in [-0.25, -0.2) is 0 Å². The maximum Gasteiger partial charge on any atom is 0.226 e. The van der Waals surface area contributed by atoms with Gasteiger partial charge < -0.3 is 19.5 Å². The van der Waals surface area contributed by atoms with Crippen molar-refractivity contribution in [2.45, 2.75) is 45.3 Å². The SMILES string of the molecule is CCO[C@@H]1CN(C)C[C@H]1NC(=O)CCCc1nc(-c2ccccc2C)no1. The van der Waals surface area contributed by atoms with Crippen LogP contribution in [0.15, 0.2) is 28.8 Å². The first-order chi connectivity index (χ1) is 13.1. The molecule has 0 radical (unpaired) electrons. The van der Waals surface area contributed by atoms with Crippen LogP contribution in [0, 0.1) is 6.92 Å². The van der Waals surface area contributed by atoms with E-state index in [4.69, 9.17) is 9.26 Å². The molecule has 0 aliphatic carbocycles. The summed E-state index contributed by atoms with van der Waals surface area (Å²) in [6.07, 6.45) is 1.76. The van der Waals surface area contributed by atoms with E-state index >= 15 is 0 Å². The Kier molecular flexibility index (Phi) is 6.58. The van der Waals surface area contributed by atoms with Crippen molar-refractivity contribution in [3.8, 4) is 11.4 Å². The van der Waals surface area contributed by atoms with Crippen LogP contribution in [0.1, 0.15) is 31.2 Å². The van der Waals surface area contributed by atoms with Gasteiger partial charge in [-0.15, -0.1) is 0 Å². The number of nitrogens with one attached hydrogen (secondary N) is 1. The Hall–Kier alpha value is -2.25. The molecule has 146 valence electrons. The molecule has 1 aliphatic heterocycles. The molecule has 0 saturated carbocycles. The normalized spacial score (nSPS) is 20.1. The minimum atomic E-state index is 0.0404. The lowest BCUT2D eigenvalue weighted by molar-refractivity contribution is -0.122. The molecule has 0 bridgehead atoms. The van der Waals surface area contributed by atoms with E-state index in [9.17, 15) is 4.79 Å². The van der Waals surface area contributed by atoms with Crippen molar-refractivity contribution in [2.24, 2.45) is 0 Å². The molecule has 7 heteroatoms. The highest BCUT2D eigenvalue weighted by Gasteiger charge is 2.32. The fourth-order valence-corrected chi connectivity index (χ4v) is 3.45. The molecule has 2 heterocycles. The average Bonchev–Trinajstić information content (AvgIpc) is 3.23. The Balaban J connectivity index is 1.46. The van der Waals surface area contributed by atoms with E-state index in [0.717, 1.165) is 24.2 Å². The van der Waals surface area contributed by atoms with Crippen molar-refractivity contribution >= 4 is 5.91 Å². The molecule has 7 nitrogen and oxygen atoms in total. The molecular formula is C20H28N4O3. The van der Waals surface area contributed by atoms with Gasteiger partial charge in [-0.2, -0.15) is 4.98 Å². The molecule has 3 rings (SSSR count). The summed E-state index contributed by atoms with van der Waals surface area (Å²) in [5.41, 5.74) is 2.08. The summed E-state index contributed by atoms with van der Waals surface area (Å²) >= 11 is 0. The van der Waals surface area contributed by atoms with Crippen molar-refractivity contribution in [2.75, 3.05) is 26.7 Å². The molecular weight excluding hydrogens is 344 g/mol. The van der Waals surface area contributed by atoms with Crippen molar-refractivity contribution < 1.29 is 14.1 Å². The van der Waals surface area contributed by atoms with Crippen LogP contribution in [0.25, 0.3) is 11.4 Å². The first kappa shape index (κ1) is 19.5. The molecule has 0 unspecified atom stereocenters. The van der Waals surface area contributed by atoms with E-state index in [-0.39, 0.29) is 18.1 Å². The summed E-state index contributed by atoms with van der Waals surface area (Å²) in [6.45, 7) is 6.33. The number of rotatable bonds is 8. The van der Waals surface area contributed by atoms with E-state index in [1.807, 2.05) is 45.2 Å². The molecule has 1 aromatic carbocycles. The number of hydrogen-bond acceptors (Lipinski definition) is 6. The smallest absolute Gasteiger partial charge is 0.226 e. The second kappa shape index (κ2) is 9.10. The van der Waals surface area contributed by atoms with Gasteiger partial charge in [-0.05, 0) is 32.9 Å². The Labute approximate surface area is 160 Å². The number of nitrogens with zero attached hydrogens (tertiary/aromatic N) is 3. The predicted molar refractivity (Wildman–Crippen MR) is 102 cm³/mol. The zero-order valence-electron chi connectivity index (χ0n) is 16.3. The molecule has 2 atom stereocenters. The Morgan fingerprint density at radius 3 is 2.96 bits per heavy atom. The van der Waals surface area contributed by atoms with Crippen molar-refractivity contribution in [3.05, 3.63) is 35.7 Å². The number of aryl methyl sites for hydroxylation is 2. The molecule has 1 amide bonds. The molecule has 1 fully saturated rings. The van der Waals surface area contributed by atoms with E-state index in [1.165, 1.54) is 0 Å². The summed E-state index contributed by atoms with van der Waals surface area (Å²) in [6, 6.07) is 7.99. The first-order valence-electron chi connectivity index (χ1n) is 9.55. The molecule has 1 aliphatic rings. The maximum absolute atomic E-state index is 12.3. The standard InChI is InChI=1S/C20H28N4O3/c1-4-26-17-13-24(3)12-16(17)21-18(25)10-7-11-19-22-20(23-27-19)15-9-6-5-8-14(15)2/h5-6,8-9,16-17H,4,7,10-13H2,1-3H3,(H,21,25)/t16-,17-/m1/s1. The van der Waals surface area contributed by atoms with Gasteiger partial charge in [-0.1, -0.05) is 29.4 Å². The van der Waals surface area contributed by atoms with Crippen LogP contribution < -0.4 is 5.32 Å². The Morgan fingerprint density at radius 2 is 2.19 bits per heavy atom. The van der Waals surface area contributed by atoms with Crippen LogP contribution in [0.5, 0.6) is 0 Å². The van der Waals surface area contributed by atoms with Crippen LogP contribution in [0.3, 0.4) is 0 Å². The number of amides is 1. The highest BCUT2D eigenvalue weighted by atomic mass is 16.5. The van der Waals surface area contributed by atoms with Gasteiger partial charge in [0.15, 0.2) is 0 Å². The monoisotopic (exact) mass is 372 g/mol. The number of hydrogen-bond donors (Lipinski definition) is 1. The van der Waals surface area contributed by atoms with Gasteiger partial charge in [0.1, 0.15) is 0 Å². The fraction of sp³-hybridized carbons (Fsp3) is 0.550. The van der Waals surface area contributed by atoms with E-state index in [2.05, 4.69) is 20.4 Å². The fourth-order valence-electron chi connectivity index (χ4n) is 3.45. The van der Waals surface area contributed by atoms with Crippen molar-refractivity contribution in [3.63, 3.8) is 0 Å². The van der Waals surface area contributed by atoms with Gasteiger partial charge in [0.05, 0.1) is 12.1 Å². The second-order valence-corrected chi connectivity index (χ2v) is 7.07. The third-order valence-corrected chi connectivity index (χ3v) is 4.82. The Bertz CT molecular complexity index is 761. The number of carbonyl (C=O) groups is 1. The van der Waals surface area contributed by atoms with Gasteiger partial charge in [0.25, 0.3) is 0 Å². The van der Waals surface area contributed by atoms with Crippen LogP contribution in [0.4, 0.5) is 0 Å². The summed E-state index contributed by atoms with van der Waals surface area (Å²) in [5, 5.41) is 7.15. The predicted octanol–water partition coefficient (Wildman–Crippen LogP) is 2.20. The largest absolute Gasteiger partial charge is 0.375 e. The van der Waals surface area contributed by atoms with Crippen LogP contribution >= 0.6 is 0 Å². The summed E-state index contributed by atoms with van der Waals surface area (Å²) < 4.78 is 11.1. The topological polar surface area (TPSA) is 80.5 Å². The second-order valence-electron chi connectivity index (χ2n) is 7.07. The highest BCUT2D eigenvalue weighted by Crippen LogP contribution is 2.20. The lowest BCUT2D eigenvalue weighted by Crippen LogP contribution is -2.43. The van der Waals surface area contributed by atoms with Crippen molar-refractivity contribution in [1.29, 1.82) is 0 Å². The number of aromatic nitrogens is 2. The maximum atomic E-state index is 12.3. The van der Waals surface area contributed by atoms with E-state index in [0.29, 0.717) is 37.6 Å². The number of likely N-dealkylation sites (N-methyl/N-ethyl adjacent to an activating group) is 1. The molecule has 0 spiro atoms. The summed E-state index contributed by atoms with van der Waals surface area (Å²) in [4.78, 5) is 18.9. The minimum Gasteiger partial charge on any atom is -0.375 e. The molecule has 1 aromatic heterocycles. The zero-order valence-corrected chi connectivity index (χ0v) is 16.3. The van der Waals surface area contributed by atoms with Gasteiger partial charge in [0, 0.05) is 38.1 Å². The molecule has 2 aromatic rings. The number of carbonyl (C=O) groups excluding carboxylic acids is 1.